The summed E-state index contributed by atoms with van der Waals surface area (Å²) in [5.41, 5.74) is 2.02. The molecule has 1 aliphatic heterocycles. The smallest absolute Gasteiger partial charge is 0.269 e. The topological polar surface area (TPSA) is 109 Å². The number of carbonyl (C=O) groups is 1. The van der Waals surface area contributed by atoms with Crippen molar-refractivity contribution in [2.45, 2.75) is 26.3 Å². The molecule has 0 bridgehead atoms. The van der Waals surface area contributed by atoms with Gasteiger partial charge in [0.05, 0.1) is 16.4 Å². The lowest BCUT2D eigenvalue weighted by Gasteiger charge is -2.16. The molecule has 9 heteroatoms. The van der Waals surface area contributed by atoms with Crippen LogP contribution in [0, 0.1) is 24.0 Å². The number of nitrogens with zero attached hydrogens (tertiary/aromatic N) is 2. The first-order valence-electron chi connectivity index (χ1n) is 8.47. The van der Waals surface area contributed by atoms with Crippen molar-refractivity contribution >= 4 is 21.3 Å². The number of ketones is 1. The number of Topliss-reactive ketones (excluding diaryl/α,β-unsaturated/α-hetero) is 1. The summed E-state index contributed by atoms with van der Waals surface area (Å²) >= 11 is 0. The third kappa shape index (κ3) is 4.02. The number of nitro groups is 1. The van der Waals surface area contributed by atoms with Crippen molar-refractivity contribution in [1.82, 2.24) is 4.57 Å². The van der Waals surface area contributed by atoms with E-state index < -0.39 is 14.8 Å². The van der Waals surface area contributed by atoms with E-state index in [-0.39, 0.29) is 35.6 Å². The molecule has 0 radical (unpaired) electrons. The summed E-state index contributed by atoms with van der Waals surface area (Å²) in [7, 11) is -3.02. The second kappa shape index (κ2) is 7.15. The Morgan fingerprint density at radius 1 is 1.30 bits per heavy atom. The first-order valence-corrected chi connectivity index (χ1v) is 10.3. The Labute approximate surface area is 156 Å². The molecule has 3 rings (SSSR count). The van der Waals surface area contributed by atoms with Crippen LogP contribution in [0.15, 0.2) is 30.3 Å². The van der Waals surface area contributed by atoms with Crippen molar-refractivity contribution in [3.63, 3.8) is 0 Å². The molecule has 1 atom stereocenters. The Morgan fingerprint density at radius 2 is 1.96 bits per heavy atom. The highest BCUT2D eigenvalue weighted by Gasteiger charge is 2.31. The zero-order valence-electron chi connectivity index (χ0n) is 15.0. The lowest BCUT2D eigenvalue weighted by molar-refractivity contribution is -0.384. The van der Waals surface area contributed by atoms with E-state index in [1.54, 1.807) is 13.0 Å². The monoisotopic (exact) mass is 392 g/mol. The molecule has 0 N–H and O–H groups in total. The van der Waals surface area contributed by atoms with Gasteiger partial charge in [0.25, 0.3) is 5.69 Å². The van der Waals surface area contributed by atoms with E-state index in [9.17, 15) is 23.3 Å². The molecular formula is C18H20N2O6S. The molecule has 0 amide bonds. The lowest BCUT2D eigenvalue weighted by atomic mass is 10.1. The van der Waals surface area contributed by atoms with Crippen LogP contribution in [0.2, 0.25) is 0 Å². The number of aromatic nitrogens is 1. The molecule has 144 valence electrons. The second-order valence-corrected chi connectivity index (χ2v) is 8.90. The van der Waals surface area contributed by atoms with Gasteiger partial charge in [0, 0.05) is 35.1 Å². The number of rotatable bonds is 6. The van der Waals surface area contributed by atoms with Crippen LogP contribution in [0.4, 0.5) is 5.69 Å². The van der Waals surface area contributed by atoms with Crippen molar-refractivity contribution in [3.8, 4) is 5.75 Å². The number of sulfone groups is 1. The number of hydrogen-bond acceptors (Lipinski definition) is 6. The Morgan fingerprint density at radius 3 is 2.52 bits per heavy atom. The number of non-ortho nitro benzene ring substituents is 1. The van der Waals surface area contributed by atoms with Crippen molar-refractivity contribution in [1.29, 1.82) is 0 Å². The van der Waals surface area contributed by atoms with Gasteiger partial charge in [-0.3, -0.25) is 14.9 Å². The van der Waals surface area contributed by atoms with Crippen LogP contribution < -0.4 is 4.74 Å². The third-order valence-corrected chi connectivity index (χ3v) is 6.53. The Kier molecular flexibility index (Phi) is 5.05. The highest BCUT2D eigenvalue weighted by molar-refractivity contribution is 7.91. The average molecular weight is 392 g/mol. The molecule has 2 heterocycles. The fourth-order valence-electron chi connectivity index (χ4n) is 3.49. The summed E-state index contributed by atoms with van der Waals surface area (Å²) in [6.07, 6.45) is 0.547. The summed E-state index contributed by atoms with van der Waals surface area (Å²) in [6.45, 7) is 3.45. The Hall–Kier alpha value is -2.68. The number of ether oxygens (including phenoxy) is 1. The zero-order chi connectivity index (χ0) is 19.8. The number of hydrogen-bond donors (Lipinski definition) is 0. The van der Waals surface area contributed by atoms with Gasteiger partial charge in [0.15, 0.2) is 16.4 Å². The van der Waals surface area contributed by atoms with Gasteiger partial charge < -0.3 is 9.30 Å². The molecule has 0 aliphatic carbocycles. The Balaban J connectivity index is 1.72. The molecule has 1 fully saturated rings. The first kappa shape index (κ1) is 19.1. The number of aryl methyl sites for hydroxylation is 1. The maximum Gasteiger partial charge on any atom is 0.269 e. The molecule has 1 aliphatic rings. The molecule has 27 heavy (non-hydrogen) atoms. The molecule has 1 aromatic heterocycles. The highest BCUT2D eigenvalue weighted by Crippen LogP contribution is 2.29. The lowest BCUT2D eigenvalue weighted by Crippen LogP contribution is -2.16. The minimum absolute atomic E-state index is 0.0521. The number of carbonyl (C=O) groups excluding carboxylic acids is 1. The van der Waals surface area contributed by atoms with Gasteiger partial charge in [-0.1, -0.05) is 0 Å². The number of benzene rings is 1. The van der Waals surface area contributed by atoms with Crippen LogP contribution in [0.25, 0.3) is 0 Å². The summed E-state index contributed by atoms with van der Waals surface area (Å²) in [5, 5.41) is 10.7. The summed E-state index contributed by atoms with van der Waals surface area (Å²) in [4.78, 5) is 22.7. The molecule has 1 aromatic carbocycles. The van der Waals surface area contributed by atoms with Crippen molar-refractivity contribution in [2.75, 3.05) is 18.1 Å². The SMILES string of the molecule is Cc1cc(C(=O)COc2ccc([N+](=O)[O-])cc2)c(C)n1[C@@H]1CCS(=O)(=O)C1. The van der Waals surface area contributed by atoms with Crippen LogP contribution >= 0.6 is 0 Å². The summed E-state index contributed by atoms with van der Waals surface area (Å²) < 4.78 is 30.9. The van der Waals surface area contributed by atoms with Gasteiger partial charge in [-0.15, -0.1) is 0 Å². The predicted octanol–water partition coefficient (Wildman–Crippen LogP) is 2.63. The van der Waals surface area contributed by atoms with E-state index in [4.69, 9.17) is 4.74 Å². The normalized spacial score (nSPS) is 18.4. The van der Waals surface area contributed by atoms with Crippen molar-refractivity contribution in [2.24, 2.45) is 0 Å². The molecule has 2 aromatic rings. The van der Waals surface area contributed by atoms with Crippen LogP contribution in [-0.2, 0) is 9.84 Å². The molecule has 0 unspecified atom stereocenters. The quantitative estimate of drug-likeness (QED) is 0.425. The van der Waals surface area contributed by atoms with E-state index >= 15 is 0 Å². The van der Waals surface area contributed by atoms with Crippen LogP contribution in [0.5, 0.6) is 5.75 Å². The predicted molar refractivity (Wildman–Crippen MR) is 99.1 cm³/mol. The van der Waals surface area contributed by atoms with E-state index in [1.807, 2.05) is 11.5 Å². The molecule has 0 saturated carbocycles. The van der Waals surface area contributed by atoms with Crippen molar-refractivity contribution in [3.05, 3.63) is 57.4 Å². The molecule has 1 saturated heterocycles. The van der Waals surface area contributed by atoms with Gasteiger partial charge in [-0.05, 0) is 38.5 Å². The molecule has 0 spiro atoms. The van der Waals surface area contributed by atoms with Crippen LogP contribution in [0.1, 0.15) is 34.2 Å². The minimum Gasteiger partial charge on any atom is -0.485 e. The van der Waals surface area contributed by atoms with E-state index in [0.717, 1.165) is 11.4 Å². The summed E-state index contributed by atoms with van der Waals surface area (Å²) in [5.74, 6) is 0.399. The van der Waals surface area contributed by atoms with Gasteiger partial charge in [-0.2, -0.15) is 0 Å². The van der Waals surface area contributed by atoms with E-state index in [0.29, 0.717) is 17.7 Å². The fourth-order valence-corrected chi connectivity index (χ4v) is 5.19. The zero-order valence-corrected chi connectivity index (χ0v) is 15.9. The molecule has 8 nitrogen and oxygen atoms in total. The minimum atomic E-state index is -3.02. The van der Waals surface area contributed by atoms with E-state index in [2.05, 4.69) is 0 Å². The van der Waals surface area contributed by atoms with Gasteiger partial charge in [0.1, 0.15) is 5.75 Å². The first-order chi connectivity index (χ1) is 12.7. The number of nitro benzene ring substituents is 1. The maximum absolute atomic E-state index is 12.6. The van der Waals surface area contributed by atoms with E-state index in [1.165, 1.54) is 24.3 Å². The second-order valence-electron chi connectivity index (χ2n) is 6.67. The molecular weight excluding hydrogens is 372 g/mol. The average Bonchev–Trinajstić information content (AvgIpc) is 3.11. The fraction of sp³-hybridized carbons (Fsp3) is 0.389. The van der Waals surface area contributed by atoms with Gasteiger partial charge >= 0.3 is 0 Å². The van der Waals surface area contributed by atoms with Crippen molar-refractivity contribution < 1.29 is 22.9 Å². The van der Waals surface area contributed by atoms with Gasteiger partial charge in [-0.25, -0.2) is 8.42 Å². The largest absolute Gasteiger partial charge is 0.485 e. The Bertz CT molecular complexity index is 992. The van der Waals surface area contributed by atoms with Crippen LogP contribution in [-0.4, -0.2) is 41.8 Å². The highest BCUT2D eigenvalue weighted by atomic mass is 32.2. The van der Waals surface area contributed by atoms with Crippen LogP contribution in [0.3, 0.4) is 0 Å². The van der Waals surface area contributed by atoms with Gasteiger partial charge in [0.2, 0.25) is 5.78 Å². The summed E-state index contributed by atoms with van der Waals surface area (Å²) in [6, 6.07) is 7.11. The maximum atomic E-state index is 12.6. The standard InChI is InChI=1S/C18H20N2O6S/c1-12-9-17(13(2)19(12)15-7-8-27(24,25)11-15)18(21)10-26-16-5-3-14(4-6-16)20(22)23/h3-6,9,15H,7-8,10-11H2,1-2H3/t15-/m1/s1. The third-order valence-electron chi connectivity index (χ3n) is 4.78.